The molecule has 1 rings (SSSR count). The molecule has 0 aliphatic heterocycles. The first-order chi connectivity index (χ1) is 7.51. The number of methoxy groups -OCH3 is 1. The Bertz CT molecular complexity index is 320. The highest BCUT2D eigenvalue weighted by Crippen LogP contribution is 2.22. The number of ether oxygens (including phenoxy) is 1. The van der Waals surface area contributed by atoms with Crippen LogP contribution in [0.25, 0.3) is 0 Å². The zero-order valence-electron chi connectivity index (χ0n) is 10.5. The van der Waals surface area contributed by atoms with Gasteiger partial charge in [-0.1, -0.05) is 6.07 Å². The minimum absolute atomic E-state index is 0.203. The highest BCUT2D eigenvalue weighted by molar-refractivity contribution is 7.99. The molecule has 1 N–H and O–H groups in total. The van der Waals surface area contributed by atoms with Crippen LogP contribution in [0.4, 0.5) is 0 Å². The van der Waals surface area contributed by atoms with Gasteiger partial charge in [0.2, 0.25) is 0 Å². The van der Waals surface area contributed by atoms with Gasteiger partial charge in [0.25, 0.3) is 0 Å². The molecule has 0 amide bonds. The van der Waals surface area contributed by atoms with Gasteiger partial charge < -0.3 is 10.1 Å². The van der Waals surface area contributed by atoms with Crippen LogP contribution in [0, 0.1) is 0 Å². The summed E-state index contributed by atoms with van der Waals surface area (Å²) >= 11 is 1.85. The average Bonchev–Trinajstić information content (AvgIpc) is 2.23. The number of hydrogen-bond donors (Lipinski definition) is 1. The van der Waals surface area contributed by atoms with Gasteiger partial charge in [-0.25, -0.2) is 0 Å². The molecule has 0 unspecified atom stereocenters. The Balaban J connectivity index is 2.32. The van der Waals surface area contributed by atoms with Crippen LogP contribution in [0.1, 0.15) is 20.8 Å². The number of benzene rings is 1. The van der Waals surface area contributed by atoms with Crippen LogP contribution in [-0.2, 0) is 0 Å². The van der Waals surface area contributed by atoms with E-state index in [0.29, 0.717) is 0 Å². The number of thioether (sulfide) groups is 1. The first-order valence-electron chi connectivity index (χ1n) is 5.53. The second kappa shape index (κ2) is 6.16. The maximum atomic E-state index is 5.19. The van der Waals surface area contributed by atoms with E-state index in [0.717, 1.165) is 18.0 Å². The standard InChI is InChI=1S/C13H21NOS/c1-13(2,3)14-8-9-16-12-7-5-6-11(10-12)15-4/h5-7,10,14H,8-9H2,1-4H3. The summed E-state index contributed by atoms with van der Waals surface area (Å²) in [7, 11) is 1.70. The lowest BCUT2D eigenvalue weighted by Crippen LogP contribution is -2.37. The Morgan fingerprint density at radius 3 is 2.69 bits per heavy atom. The summed E-state index contributed by atoms with van der Waals surface area (Å²) in [6.45, 7) is 7.57. The summed E-state index contributed by atoms with van der Waals surface area (Å²) < 4.78 is 5.19. The van der Waals surface area contributed by atoms with Gasteiger partial charge in [-0.2, -0.15) is 0 Å². The molecule has 0 saturated heterocycles. The van der Waals surface area contributed by atoms with E-state index in [4.69, 9.17) is 4.74 Å². The van der Waals surface area contributed by atoms with E-state index in [1.807, 2.05) is 23.9 Å². The molecule has 1 aromatic carbocycles. The minimum Gasteiger partial charge on any atom is -0.497 e. The van der Waals surface area contributed by atoms with Crippen LogP contribution < -0.4 is 10.1 Å². The minimum atomic E-state index is 0.203. The number of hydrogen-bond acceptors (Lipinski definition) is 3. The molecule has 90 valence electrons. The molecular weight excluding hydrogens is 218 g/mol. The highest BCUT2D eigenvalue weighted by Gasteiger charge is 2.07. The van der Waals surface area contributed by atoms with E-state index < -0.39 is 0 Å². The van der Waals surface area contributed by atoms with Gasteiger partial charge in [-0.3, -0.25) is 0 Å². The van der Waals surface area contributed by atoms with Gasteiger partial charge in [-0.15, -0.1) is 11.8 Å². The summed E-state index contributed by atoms with van der Waals surface area (Å²) in [6, 6.07) is 8.18. The molecule has 3 heteroatoms. The summed E-state index contributed by atoms with van der Waals surface area (Å²) in [4.78, 5) is 1.26. The molecule has 0 aliphatic carbocycles. The van der Waals surface area contributed by atoms with Gasteiger partial charge >= 0.3 is 0 Å². The van der Waals surface area contributed by atoms with Gasteiger partial charge in [0.15, 0.2) is 0 Å². The fourth-order valence-corrected chi connectivity index (χ4v) is 2.10. The van der Waals surface area contributed by atoms with Gasteiger partial charge in [-0.05, 0) is 39.0 Å². The molecule has 0 heterocycles. The van der Waals surface area contributed by atoms with Gasteiger partial charge in [0, 0.05) is 22.7 Å². The smallest absolute Gasteiger partial charge is 0.119 e. The monoisotopic (exact) mass is 239 g/mol. The van der Waals surface area contributed by atoms with Crippen molar-refractivity contribution in [2.45, 2.75) is 31.2 Å². The van der Waals surface area contributed by atoms with Crippen molar-refractivity contribution < 1.29 is 4.74 Å². The van der Waals surface area contributed by atoms with Crippen LogP contribution in [-0.4, -0.2) is 24.9 Å². The van der Waals surface area contributed by atoms with Gasteiger partial charge in [0.1, 0.15) is 5.75 Å². The Morgan fingerprint density at radius 2 is 2.06 bits per heavy atom. The molecule has 0 fully saturated rings. The summed E-state index contributed by atoms with van der Waals surface area (Å²) in [5, 5.41) is 3.47. The quantitative estimate of drug-likeness (QED) is 0.630. The van der Waals surface area contributed by atoms with E-state index in [1.54, 1.807) is 7.11 Å². The fourth-order valence-electron chi connectivity index (χ4n) is 1.29. The Hall–Kier alpha value is -0.670. The van der Waals surface area contributed by atoms with E-state index in [9.17, 15) is 0 Å². The summed E-state index contributed by atoms with van der Waals surface area (Å²) in [6.07, 6.45) is 0. The zero-order chi connectivity index (χ0) is 12.0. The molecule has 0 radical (unpaired) electrons. The lowest BCUT2D eigenvalue weighted by atomic mass is 10.1. The molecule has 0 atom stereocenters. The van der Waals surface area contributed by atoms with Crippen LogP contribution in [0.15, 0.2) is 29.2 Å². The molecule has 0 bridgehead atoms. The van der Waals surface area contributed by atoms with Crippen molar-refractivity contribution in [2.75, 3.05) is 19.4 Å². The zero-order valence-corrected chi connectivity index (χ0v) is 11.4. The van der Waals surface area contributed by atoms with E-state index >= 15 is 0 Å². The predicted molar refractivity (Wildman–Crippen MR) is 71.5 cm³/mol. The molecule has 0 aliphatic rings. The Morgan fingerprint density at radius 1 is 1.31 bits per heavy atom. The van der Waals surface area contributed by atoms with Crippen molar-refractivity contribution in [3.63, 3.8) is 0 Å². The van der Waals surface area contributed by atoms with Gasteiger partial charge in [0.05, 0.1) is 7.11 Å². The normalized spacial score (nSPS) is 11.5. The van der Waals surface area contributed by atoms with E-state index in [1.165, 1.54) is 4.90 Å². The van der Waals surface area contributed by atoms with Crippen LogP contribution in [0.3, 0.4) is 0 Å². The fraction of sp³-hybridized carbons (Fsp3) is 0.538. The van der Waals surface area contributed by atoms with Crippen molar-refractivity contribution in [2.24, 2.45) is 0 Å². The van der Waals surface area contributed by atoms with Crippen molar-refractivity contribution in [1.29, 1.82) is 0 Å². The molecule has 0 aromatic heterocycles. The molecule has 0 spiro atoms. The lowest BCUT2D eigenvalue weighted by Gasteiger charge is -2.20. The third kappa shape index (κ3) is 5.42. The first-order valence-corrected chi connectivity index (χ1v) is 6.52. The molecular formula is C13H21NOS. The average molecular weight is 239 g/mol. The highest BCUT2D eigenvalue weighted by atomic mass is 32.2. The van der Waals surface area contributed by atoms with E-state index in [2.05, 4.69) is 38.2 Å². The maximum absolute atomic E-state index is 5.19. The first kappa shape index (κ1) is 13.4. The maximum Gasteiger partial charge on any atom is 0.119 e. The van der Waals surface area contributed by atoms with Crippen LogP contribution in [0.2, 0.25) is 0 Å². The SMILES string of the molecule is COc1cccc(SCCNC(C)(C)C)c1. The third-order valence-corrected chi connectivity index (χ3v) is 3.06. The van der Waals surface area contributed by atoms with Crippen molar-refractivity contribution >= 4 is 11.8 Å². The Kier molecular flexibility index (Phi) is 5.16. The van der Waals surface area contributed by atoms with Crippen molar-refractivity contribution in [1.82, 2.24) is 5.32 Å². The third-order valence-electron chi connectivity index (χ3n) is 2.07. The molecule has 1 aromatic rings. The number of rotatable bonds is 5. The number of nitrogens with one attached hydrogen (secondary N) is 1. The Labute approximate surface area is 103 Å². The van der Waals surface area contributed by atoms with Crippen molar-refractivity contribution in [3.8, 4) is 5.75 Å². The largest absolute Gasteiger partial charge is 0.497 e. The topological polar surface area (TPSA) is 21.3 Å². The second-order valence-electron chi connectivity index (χ2n) is 4.70. The van der Waals surface area contributed by atoms with Crippen LogP contribution >= 0.6 is 11.8 Å². The molecule has 0 saturated carbocycles. The van der Waals surface area contributed by atoms with Crippen LogP contribution in [0.5, 0.6) is 5.75 Å². The predicted octanol–water partition coefficient (Wildman–Crippen LogP) is 3.18. The van der Waals surface area contributed by atoms with Crippen molar-refractivity contribution in [3.05, 3.63) is 24.3 Å². The molecule has 2 nitrogen and oxygen atoms in total. The summed E-state index contributed by atoms with van der Waals surface area (Å²) in [5.74, 6) is 2.00. The summed E-state index contributed by atoms with van der Waals surface area (Å²) in [5.41, 5.74) is 0.203. The van der Waals surface area contributed by atoms with E-state index in [-0.39, 0.29) is 5.54 Å². The molecule has 16 heavy (non-hydrogen) atoms. The second-order valence-corrected chi connectivity index (χ2v) is 5.87. The lowest BCUT2D eigenvalue weighted by molar-refractivity contribution is 0.413.